The van der Waals surface area contributed by atoms with Gasteiger partial charge in [0, 0.05) is 42.4 Å². The summed E-state index contributed by atoms with van der Waals surface area (Å²) in [7, 11) is 0.792. The van der Waals surface area contributed by atoms with E-state index in [1.54, 1.807) is 23.2 Å². The van der Waals surface area contributed by atoms with Gasteiger partial charge in [0.15, 0.2) is 14.1 Å². The SMILES string of the molecule is CCCCC1(CC=O)COP(Cc2ccc(NC(=O)/C=C/c3cnn(C)c3-c3ccco3)cc2)OC1. The number of furan rings is 1. The van der Waals surface area contributed by atoms with Gasteiger partial charge in [-0.1, -0.05) is 31.9 Å². The van der Waals surface area contributed by atoms with E-state index in [4.69, 9.17) is 13.5 Å². The summed E-state index contributed by atoms with van der Waals surface area (Å²) < 4.78 is 19.3. The summed E-state index contributed by atoms with van der Waals surface area (Å²) in [6.45, 7) is 3.28. The molecule has 0 bridgehead atoms. The van der Waals surface area contributed by atoms with Crippen molar-refractivity contribution in [2.24, 2.45) is 12.5 Å². The first-order valence-corrected chi connectivity index (χ1v) is 13.5. The lowest BCUT2D eigenvalue weighted by molar-refractivity contribution is -0.112. The second kappa shape index (κ2) is 12.3. The highest BCUT2D eigenvalue weighted by molar-refractivity contribution is 7.46. The Morgan fingerprint density at radius 3 is 2.67 bits per heavy atom. The van der Waals surface area contributed by atoms with Gasteiger partial charge in [-0.05, 0) is 42.3 Å². The van der Waals surface area contributed by atoms with Gasteiger partial charge in [0.1, 0.15) is 12.0 Å². The molecule has 36 heavy (non-hydrogen) atoms. The van der Waals surface area contributed by atoms with Crippen LogP contribution in [0.1, 0.15) is 43.7 Å². The zero-order valence-electron chi connectivity index (χ0n) is 20.7. The van der Waals surface area contributed by atoms with Crippen LogP contribution in [0.15, 0.2) is 59.4 Å². The normalized spacial score (nSPS) is 20.0. The third kappa shape index (κ3) is 6.58. The number of benzene rings is 1. The van der Waals surface area contributed by atoms with Crippen molar-refractivity contribution in [3.8, 4) is 11.5 Å². The molecule has 0 atom stereocenters. The van der Waals surface area contributed by atoms with E-state index >= 15 is 0 Å². The van der Waals surface area contributed by atoms with Gasteiger partial charge in [-0.15, -0.1) is 0 Å². The average molecular weight is 510 g/mol. The standard InChI is InChI=1S/C27H32N3O5P/c1-3-4-13-27(14-15-31)19-34-36(35-20-27)18-21-7-10-23(11-8-21)29-25(32)12-9-22-17-28-30(2)26(22)24-6-5-16-33-24/h5-12,15-17H,3-4,13-14,18-20H2,1-2H3,(H,29,32)/b12-9+. The molecule has 4 rings (SSSR count). The molecule has 190 valence electrons. The van der Waals surface area contributed by atoms with Gasteiger partial charge in [-0.25, -0.2) is 0 Å². The molecule has 1 aliphatic rings. The summed E-state index contributed by atoms with van der Waals surface area (Å²) >= 11 is 0. The molecular formula is C27H32N3O5P. The van der Waals surface area contributed by atoms with E-state index < -0.39 is 8.38 Å². The second-order valence-corrected chi connectivity index (χ2v) is 10.6. The maximum Gasteiger partial charge on any atom is 0.248 e. The molecule has 3 aromatic rings. The first-order valence-electron chi connectivity index (χ1n) is 12.1. The van der Waals surface area contributed by atoms with Crippen LogP contribution in [0.25, 0.3) is 17.5 Å². The Bertz CT molecular complexity index is 1160. The van der Waals surface area contributed by atoms with Crippen LogP contribution in [0.3, 0.4) is 0 Å². The number of carbonyl (C=O) groups excluding carboxylic acids is 2. The highest BCUT2D eigenvalue weighted by Crippen LogP contribution is 2.50. The Balaban J connectivity index is 1.29. The predicted molar refractivity (Wildman–Crippen MR) is 140 cm³/mol. The summed E-state index contributed by atoms with van der Waals surface area (Å²) in [6, 6.07) is 11.3. The summed E-state index contributed by atoms with van der Waals surface area (Å²) in [5, 5.41) is 7.14. The van der Waals surface area contributed by atoms with E-state index in [0.717, 1.165) is 42.4 Å². The fourth-order valence-electron chi connectivity index (χ4n) is 4.16. The molecule has 0 spiro atoms. The van der Waals surface area contributed by atoms with Gasteiger partial charge in [-0.2, -0.15) is 5.10 Å². The van der Waals surface area contributed by atoms with Crippen molar-refractivity contribution in [2.45, 2.75) is 38.8 Å². The number of hydrogen-bond acceptors (Lipinski definition) is 6. The number of carbonyl (C=O) groups is 2. The van der Waals surface area contributed by atoms with Gasteiger partial charge in [-0.3, -0.25) is 9.48 Å². The van der Waals surface area contributed by atoms with E-state index in [9.17, 15) is 9.59 Å². The minimum absolute atomic E-state index is 0.188. The van der Waals surface area contributed by atoms with Crippen molar-refractivity contribution >= 4 is 32.3 Å². The maximum absolute atomic E-state index is 12.5. The molecule has 9 heteroatoms. The van der Waals surface area contributed by atoms with Crippen molar-refractivity contribution in [3.63, 3.8) is 0 Å². The highest BCUT2D eigenvalue weighted by atomic mass is 31.2. The van der Waals surface area contributed by atoms with Crippen LogP contribution in [-0.2, 0) is 31.8 Å². The molecule has 3 heterocycles. The lowest BCUT2D eigenvalue weighted by atomic mass is 9.82. The fraction of sp³-hybridized carbons (Fsp3) is 0.370. The lowest BCUT2D eigenvalue weighted by Crippen LogP contribution is -2.35. The molecule has 1 aromatic carbocycles. The first-order chi connectivity index (χ1) is 17.5. The van der Waals surface area contributed by atoms with Gasteiger partial charge in [0.2, 0.25) is 5.91 Å². The number of amides is 1. The smallest absolute Gasteiger partial charge is 0.248 e. The molecule has 1 aliphatic heterocycles. The molecular weight excluding hydrogens is 477 g/mol. The zero-order chi connectivity index (χ0) is 25.4. The van der Waals surface area contributed by atoms with E-state index in [-0.39, 0.29) is 11.3 Å². The number of aryl methyl sites for hydroxylation is 1. The maximum atomic E-state index is 12.5. The third-order valence-electron chi connectivity index (χ3n) is 6.28. The van der Waals surface area contributed by atoms with Crippen LogP contribution in [0, 0.1) is 5.41 Å². The number of anilines is 1. The van der Waals surface area contributed by atoms with Crippen molar-refractivity contribution in [1.82, 2.24) is 9.78 Å². The van der Waals surface area contributed by atoms with Crippen molar-refractivity contribution in [2.75, 3.05) is 18.5 Å². The first kappa shape index (κ1) is 26.0. The number of rotatable bonds is 11. The van der Waals surface area contributed by atoms with Crippen LogP contribution < -0.4 is 5.32 Å². The van der Waals surface area contributed by atoms with Gasteiger partial charge in [0.05, 0.1) is 25.7 Å². The summed E-state index contributed by atoms with van der Waals surface area (Å²) in [4.78, 5) is 23.6. The molecule has 8 nitrogen and oxygen atoms in total. The van der Waals surface area contributed by atoms with Gasteiger partial charge < -0.3 is 23.6 Å². The number of aldehydes is 1. The largest absolute Gasteiger partial charge is 0.463 e. The van der Waals surface area contributed by atoms with Crippen LogP contribution in [-0.4, -0.2) is 35.2 Å². The second-order valence-electron chi connectivity index (χ2n) is 9.08. The summed E-state index contributed by atoms with van der Waals surface area (Å²) in [5.74, 6) is 0.451. The minimum Gasteiger partial charge on any atom is -0.463 e. The Morgan fingerprint density at radius 1 is 1.22 bits per heavy atom. The zero-order valence-corrected chi connectivity index (χ0v) is 21.6. The van der Waals surface area contributed by atoms with Crippen LogP contribution >= 0.6 is 8.38 Å². The molecule has 1 amide bonds. The molecule has 0 aliphatic carbocycles. The number of aromatic nitrogens is 2. The van der Waals surface area contributed by atoms with Crippen molar-refractivity contribution < 1.29 is 23.1 Å². The van der Waals surface area contributed by atoms with Gasteiger partial charge in [0.25, 0.3) is 0 Å². The molecule has 0 radical (unpaired) electrons. The summed E-state index contributed by atoms with van der Waals surface area (Å²) in [6.07, 6.45) is 11.7. The minimum atomic E-state index is -1.04. The van der Waals surface area contributed by atoms with Crippen molar-refractivity contribution in [1.29, 1.82) is 0 Å². The van der Waals surface area contributed by atoms with E-state index in [1.165, 1.54) is 6.08 Å². The topological polar surface area (TPSA) is 95.6 Å². The third-order valence-corrected chi connectivity index (χ3v) is 7.73. The van der Waals surface area contributed by atoms with Crippen LogP contribution in [0.5, 0.6) is 0 Å². The monoisotopic (exact) mass is 509 g/mol. The molecule has 0 saturated carbocycles. The van der Waals surface area contributed by atoms with Crippen LogP contribution in [0.2, 0.25) is 0 Å². The molecule has 0 unspecified atom stereocenters. The predicted octanol–water partition coefficient (Wildman–Crippen LogP) is 5.96. The fourth-order valence-corrected chi connectivity index (χ4v) is 5.77. The number of nitrogens with zero attached hydrogens (tertiary/aromatic N) is 2. The number of hydrogen-bond donors (Lipinski definition) is 1. The van der Waals surface area contributed by atoms with Crippen molar-refractivity contribution in [3.05, 3.63) is 66.1 Å². The Labute approximate surface area is 212 Å². The molecule has 1 saturated heterocycles. The lowest BCUT2D eigenvalue weighted by Gasteiger charge is -2.38. The highest BCUT2D eigenvalue weighted by Gasteiger charge is 2.36. The average Bonchev–Trinajstić information content (AvgIpc) is 3.54. The molecule has 2 aromatic heterocycles. The molecule has 1 fully saturated rings. The molecule has 1 N–H and O–H groups in total. The number of nitrogens with one attached hydrogen (secondary N) is 1. The van der Waals surface area contributed by atoms with Gasteiger partial charge >= 0.3 is 0 Å². The van der Waals surface area contributed by atoms with E-state index in [0.29, 0.717) is 37.2 Å². The Kier molecular flexibility index (Phi) is 8.86. The Hall–Kier alpha value is -3.06. The van der Waals surface area contributed by atoms with E-state index in [2.05, 4.69) is 17.3 Å². The Morgan fingerprint density at radius 2 is 2.00 bits per heavy atom. The van der Waals surface area contributed by atoms with Crippen LogP contribution in [0.4, 0.5) is 5.69 Å². The number of unbranched alkanes of at least 4 members (excludes halogenated alkanes) is 1. The summed E-state index contributed by atoms with van der Waals surface area (Å²) in [5.41, 5.74) is 3.18. The van der Waals surface area contributed by atoms with E-state index in [1.807, 2.05) is 43.4 Å². The quantitative estimate of drug-likeness (QED) is 0.195.